The maximum Gasteiger partial charge on any atom is 0.264 e. The van der Waals surface area contributed by atoms with Crippen LogP contribution in [0.5, 0.6) is 11.8 Å². The highest BCUT2D eigenvalue weighted by Gasteiger charge is 2.26. The molecular weight excluding hydrogens is 302 g/mol. The molecule has 3 heterocycles. The van der Waals surface area contributed by atoms with Crippen molar-refractivity contribution in [2.24, 2.45) is 0 Å². The van der Waals surface area contributed by atoms with Crippen molar-refractivity contribution in [2.75, 3.05) is 20.2 Å². The van der Waals surface area contributed by atoms with Gasteiger partial charge in [-0.25, -0.2) is 0 Å². The molecule has 2 aromatic heterocycles. The first kappa shape index (κ1) is 14.8. The molecule has 1 atom stereocenters. The van der Waals surface area contributed by atoms with Crippen LogP contribution in [-0.2, 0) is 0 Å². The fourth-order valence-corrected chi connectivity index (χ4v) is 3.12. The van der Waals surface area contributed by atoms with Gasteiger partial charge in [-0.2, -0.15) is 4.98 Å². The summed E-state index contributed by atoms with van der Waals surface area (Å²) >= 11 is 1.46. The zero-order valence-electron chi connectivity index (χ0n) is 12.3. The molecular formula is C15H17N3O3S. The number of hydrogen-bond acceptors (Lipinski definition) is 6. The molecule has 2 aromatic rings. The van der Waals surface area contributed by atoms with Crippen LogP contribution in [-0.4, -0.2) is 47.1 Å². The van der Waals surface area contributed by atoms with E-state index in [0.29, 0.717) is 18.3 Å². The molecule has 0 saturated carbocycles. The number of carbonyl (C=O) groups is 1. The third-order valence-corrected chi connectivity index (χ3v) is 4.34. The highest BCUT2D eigenvalue weighted by atomic mass is 32.1. The zero-order valence-corrected chi connectivity index (χ0v) is 13.1. The van der Waals surface area contributed by atoms with Crippen LogP contribution in [0.1, 0.15) is 22.5 Å². The average molecular weight is 319 g/mol. The fraction of sp³-hybridized carbons (Fsp3) is 0.400. The maximum absolute atomic E-state index is 12.4. The second-order valence-corrected chi connectivity index (χ2v) is 5.96. The van der Waals surface area contributed by atoms with Gasteiger partial charge in [-0.05, 0) is 24.3 Å². The molecule has 6 nitrogen and oxygen atoms in total. The number of likely N-dealkylation sites (tertiary alicyclic amines) is 1. The number of hydrogen-bond donors (Lipinski definition) is 0. The minimum absolute atomic E-state index is 0.0695. The van der Waals surface area contributed by atoms with Crippen LogP contribution in [0, 0.1) is 0 Å². The van der Waals surface area contributed by atoms with Crippen LogP contribution in [0.4, 0.5) is 0 Å². The lowest BCUT2D eigenvalue weighted by atomic mass is 10.1. The molecule has 0 spiro atoms. The largest absolute Gasteiger partial charge is 0.480 e. The van der Waals surface area contributed by atoms with E-state index in [1.807, 2.05) is 22.4 Å². The Hall–Kier alpha value is -2.15. The highest BCUT2D eigenvalue weighted by Crippen LogP contribution is 2.20. The molecule has 7 heteroatoms. The van der Waals surface area contributed by atoms with Crippen molar-refractivity contribution in [1.29, 1.82) is 0 Å². The smallest absolute Gasteiger partial charge is 0.264 e. The van der Waals surface area contributed by atoms with E-state index in [9.17, 15) is 4.79 Å². The summed E-state index contributed by atoms with van der Waals surface area (Å²) < 4.78 is 10.9. The minimum atomic E-state index is -0.0703. The van der Waals surface area contributed by atoms with Crippen LogP contribution in [0.2, 0.25) is 0 Å². The second-order valence-electron chi connectivity index (χ2n) is 5.01. The van der Waals surface area contributed by atoms with E-state index in [1.165, 1.54) is 24.6 Å². The van der Waals surface area contributed by atoms with Gasteiger partial charge in [0.15, 0.2) is 0 Å². The predicted molar refractivity (Wildman–Crippen MR) is 82.5 cm³/mol. The molecule has 0 aliphatic carbocycles. The number of amides is 1. The lowest BCUT2D eigenvalue weighted by Crippen LogP contribution is -2.44. The zero-order chi connectivity index (χ0) is 15.4. The van der Waals surface area contributed by atoms with Gasteiger partial charge in [-0.3, -0.25) is 9.78 Å². The Morgan fingerprint density at radius 2 is 2.27 bits per heavy atom. The quantitative estimate of drug-likeness (QED) is 0.864. The number of ether oxygens (including phenoxy) is 2. The third kappa shape index (κ3) is 3.36. The Balaban J connectivity index is 1.64. The van der Waals surface area contributed by atoms with Crippen molar-refractivity contribution in [3.63, 3.8) is 0 Å². The summed E-state index contributed by atoms with van der Waals surface area (Å²) in [6, 6.07) is 3.74. The highest BCUT2D eigenvalue weighted by molar-refractivity contribution is 7.12. The standard InChI is InChI=1S/C15H17N3O3S/c1-20-13-8-16-9-14(17-13)21-11-4-2-6-18(10-11)15(19)12-5-3-7-22-12/h3,5,7-9,11H,2,4,6,10H2,1H3. The Morgan fingerprint density at radius 3 is 3.05 bits per heavy atom. The van der Waals surface area contributed by atoms with Crippen molar-refractivity contribution in [2.45, 2.75) is 18.9 Å². The summed E-state index contributed by atoms with van der Waals surface area (Å²) in [7, 11) is 1.54. The minimum Gasteiger partial charge on any atom is -0.480 e. The average Bonchev–Trinajstić information content (AvgIpc) is 3.09. The lowest BCUT2D eigenvalue weighted by molar-refractivity contribution is 0.0529. The molecule has 3 rings (SSSR count). The van der Waals surface area contributed by atoms with Gasteiger partial charge in [0.25, 0.3) is 5.91 Å². The van der Waals surface area contributed by atoms with Gasteiger partial charge in [-0.15, -0.1) is 11.3 Å². The number of carbonyl (C=O) groups excluding carboxylic acids is 1. The third-order valence-electron chi connectivity index (χ3n) is 3.48. The van der Waals surface area contributed by atoms with Crippen molar-refractivity contribution < 1.29 is 14.3 Å². The Kier molecular flexibility index (Phi) is 4.53. The van der Waals surface area contributed by atoms with Crippen LogP contribution in [0.15, 0.2) is 29.9 Å². The molecule has 1 saturated heterocycles. The van der Waals surface area contributed by atoms with Gasteiger partial charge in [0.2, 0.25) is 11.8 Å². The van der Waals surface area contributed by atoms with Crippen molar-refractivity contribution >= 4 is 17.2 Å². The van der Waals surface area contributed by atoms with E-state index in [4.69, 9.17) is 9.47 Å². The fourth-order valence-electron chi connectivity index (χ4n) is 2.43. The molecule has 1 aliphatic rings. The summed E-state index contributed by atoms with van der Waals surface area (Å²) in [5.41, 5.74) is 0. The van der Waals surface area contributed by atoms with Gasteiger partial charge < -0.3 is 14.4 Å². The first-order chi connectivity index (χ1) is 10.8. The van der Waals surface area contributed by atoms with Crippen LogP contribution < -0.4 is 9.47 Å². The Morgan fingerprint density at radius 1 is 1.41 bits per heavy atom. The first-order valence-corrected chi connectivity index (χ1v) is 7.99. The van der Waals surface area contributed by atoms with E-state index in [-0.39, 0.29) is 12.0 Å². The lowest BCUT2D eigenvalue weighted by Gasteiger charge is -2.32. The van der Waals surface area contributed by atoms with Gasteiger partial charge in [0.1, 0.15) is 6.10 Å². The second kappa shape index (κ2) is 6.74. The predicted octanol–water partition coefficient (Wildman–Crippen LogP) is 2.23. The van der Waals surface area contributed by atoms with Crippen LogP contribution in [0.25, 0.3) is 0 Å². The van der Waals surface area contributed by atoms with E-state index in [2.05, 4.69) is 9.97 Å². The van der Waals surface area contributed by atoms with E-state index < -0.39 is 0 Å². The van der Waals surface area contributed by atoms with Gasteiger partial charge >= 0.3 is 0 Å². The Bertz CT molecular complexity index is 633. The van der Waals surface area contributed by atoms with Gasteiger partial charge in [-0.1, -0.05) is 6.07 Å². The number of thiophene rings is 1. The summed E-state index contributed by atoms with van der Waals surface area (Å²) in [5.74, 6) is 0.912. The number of methoxy groups -OCH3 is 1. The maximum atomic E-state index is 12.4. The molecule has 1 unspecified atom stereocenters. The molecule has 1 fully saturated rings. The molecule has 116 valence electrons. The van der Waals surface area contributed by atoms with Crippen LogP contribution >= 0.6 is 11.3 Å². The molecule has 22 heavy (non-hydrogen) atoms. The summed E-state index contributed by atoms with van der Waals surface area (Å²) in [6.07, 6.45) is 4.83. The molecule has 0 N–H and O–H groups in total. The van der Waals surface area contributed by atoms with Crippen molar-refractivity contribution in [3.05, 3.63) is 34.8 Å². The Labute approximate surface area is 132 Å². The number of aromatic nitrogens is 2. The number of piperidine rings is 1. The van der Waals surface area contributed by atoms with Gasteiger partial charge in [0, 0.05) is 6.54 Å². The molecule has 0 aromatic carbocycles. The SMILES string of the molecule is COc1cncc(OC2CCCN(C(=O)c3cccs3)C2)n1. The molecule has 1 amide bonds. The summed E-state index contributed by atoms with van der Waals surface area (Å²) in [5, 5.41) is 1.91. The van der Waals surface area contributed by atoms with Crippen molar-refractivity contribution in [3.8, 4) is 11.8 Å². The van der Waals surface area contributed by atoms with E-state index >= 15 is 0 Å². The topological polar surface area (TPSA) is 64.6 Å². The van der Waals surface area contributed by atoms with Gasteiger partial charge in [0.05, 0.1) is 30.9 Å². The van der Waals surface area contributed by atoms with E-state index in [1.54, 1.807) is 6.20 Å². The molecule has 0 radical (unpaired) electrons. The van der Waals surface area contributed by atoms with Crippen LogP contribution in [0.3, 0.4) is 0 Å². The first-order valence-electron chi connectivity index (χ1n) is 7.12. The molecule has 0 bridgehead atoms. The molecule has 1 aliphatic heterocycles. The number of nitrogens with zero attached hydrogens (tertiary/aromatic N) is 3. The number of rotatable bonds is 4. The normalized spacial score (nSPS) is 18.0. The monoisotopic (exact) mass is 319 g/mol. The summed E-state index contributed by atoms with van der Waals surface area (Å²) in [6.45, 7) is 1.33. The van der Waals surface area contributed by atoms with Crippen molar-refractivity contribution in [1.82, 2.24) is 14.9 Å². The van der Waals surface area contributed by atoms with E-state index in [0.717, 1.165) is 24.3 Å². The summed E-state index contributed by atoms with van der Waals surface area (Å²) in [4.78, 5) is 23.2.